The fourth-order valence-electron chi connectivity index (χ4n) is 1.01. The molecule has 78 valence electrons. The molecule has 0 saturated carbocycles. The molecule has 0 aliphatic heterocycles. The van der Waals surface area contributed by atoms with Gasteiger partial charge in [-0.1, -0.05) is 20.3 Å². The third-order valence-electron chi connectivity index (χ3n) is 2.25. The molecule has 0 aromatic carbocycles. The van der Waals surface area contributed by atoms with Crippen LogP contribution in [0.3, 0.4) is 0 Å². The Morgan fingerprint density at radius 2 is 2.07 bits per heavy atom. The Labute approximate surface area is 85.2 Å². The molecule has 1 atom stereocenters. The summed E-state index contributed by atoms with van der Waals surface area (Å²) in [5.74, 6) is 2.39. The predicted molar refractivity (Wildman–Crippen MR) is 59.5 cm³/mol. The Kier molecular flexibility index (Phi) is 4.16. The minimum Gasteiger partial charge on any atom is -0.373 e. The van der Waals surface area contributed by atoms with E-state index in [2.05, 4.69) is 34.4 Å². The fraction of sp³-hybridized carbons (Fsp3) is 0.600. The highest BCUT2D eigenvalue weighted by molar-refractivity contribution is 5.45. The van der Waals surface area contributed by atoms with E-state index in [9.17, 15) is 0 Å². The van der Waals surface area contributed by atoms with Crippen molar-refractivity contribution < 1.29 is 0 Å². The van der Waals surface area contributed by atoms with Gasteiger partial charge in [0.15, 0.2) is 0 Å². The molecule has 0 aliphatic rings. The van der Waals surface area contributed by atoms with Gasteiger partial charge in [0.1, 0.15) is 18.0 Å². The largest absolute Gasteiger partial charge is 0.373 e. The van der Waals surface area contributed by atoms with Crippen LogP contribution in [0.4, 0.5) is 11.6 Å². The maximum absolute atomic E-state index is 4.13. The molecule has 1 rings (SSSR count). The summed E-state index contributed by atoms with van der Waals surface area (Å²) in [6.45, 7) is 5.36. The minimum absolute atomic E-state index is 0.669. The lowest BCUT2D eigenvalue weighted by molar-refractivity contribution is 0.592. The van der Waals surface area contributed by atoms with Gasteiger partial charge in [-0.15, -0.1) is 0 Å². The number of nitrogens with zero attached hydrogens (tertiary/aromatic N) is 2. The molecule has 1 aromatic rings. The predicted octanol–water partition coefficient (Wildman–Crippen LogP) is 1.98. The summed E-state index contributed by atoms with van der Waals surface area (Å²) in [5, 5.41) is 6.26. The van der Waals surface area contributed by atoms with Gasteiger partial charge >= 0.3 is 0 Å². The van der Waals surface area contributed by atoms with E-state index in [1.165, 1.54) is 6.42 Å². The number of nitrogens with one attached hydrogen (secondary N) is 2. The average Bonchev–Trinajstić information content (AvgIpc) is 2.26. The molecule has 1 heterocycles. The van der Waals surface area contributed by atoms with E-state index in [0.29, 0.717) is 5.92 Å². The zero-order valence-electron chi connectivity index (χ0n) is 9.04. The van der Waals surface area contributed by atoms with Crippen LogP contribution >= 0.6 is 0 Å². The maximum Gasteiger partial charge on any atom is 0.131 e. The highest BCUT2D eigenvalue weighted by atomic mass is 15.1. The van der Waals surface area contributed by atoms with Gasteiger partial charge in [0.25, 0.3) is 0 Å². The second-order valence-electron chi connectivity index (χ2n) is 3.43. The third kappa shape index (κ3) is 3.20. The van der Waals surface area contributed by atoms with Crippen LogP contribution in [0.5, 0.6) is 0 Å². The smallest absolute Gasteiger partial charge is 0.131 e. The van der Waals surface area contributed by atoms with Crippen LogP contribution in [0.2, 0.25) is 0 Å². The van der Waals surface area contributed by atoms with E-state index in [-0.39, 0.29) is 0 Å². The van der Waals surface area contributed by atoms with Gasteiger partial charge in [-0.2, -0.15) is 0 Å². The monoisotopic (exact) mass is 194 g/mol. The fourth-order valence-corrected chi connectivity index (χ4v) is 1.01. The van der Waals surface area contributed by atoms with Crippen molar-refractivity contribution in [2.45, 2.75) is 20.3 Å². The Morgan fingerprint density at radius 3 is 2.71 bits per heavy atom. The molecule has 1 aromatic heterocycles. The molecule has 0 aliphatic carbocycles. The van der Waals surface area contributed by atoms with Crippen molar-refractivity contribution in [2.24, 2.45) is 5.92 Å². The van der Waals surface area contributed by atoms with Gasteiger partial charge < -0.3 is 10.6 Å². The van der Waals surface area contributed by atoms with Crippen LogP contribution < -0.4 is 10.6 Å². The summed E-state index contributed by atoms with van der Waals surface area (Å²) < 4.78 is 0. The van der Waals surface area contributed by atoms with Crippen molar-refractivity contribution in [2.75, 3.05) is 24.2 Å². The molecule has 4 heteroatoms. The summed E-state index contributed by atoms with van der Waals surface area (Å²) in [6.07, 6.45) is 2.74. The van der Waals surface area contributed by atoms with E-state index in [1.54, 1.807) is 6.33 Å². The molecule has 1 unspecified atom stereocenters. The van der Waals surface area contributed by atoms with E-state index < -0.39 is 0 Å². The standard InChI is InChI=1S/C10H18N4/c1-4-8(2)6-12-10-5-9(11-3)13-7-14-10/h5,7-8H,4,6H2,1-3H3,(H2,11,12,13,14). The topological polar surface area (TPSA) is 49.8 Å². The number of rotatable bonds is 5. The lowest BCUT2D eigenvalue weighted by atomic mass is 10.1. The van der Waals surface area contributed by atoms with Crippen molar-refractivity contribution in [3.8, 4) is 0 Å². The van der Waals surface area contributed by atoms with Gasteiger partial charge in [-0.3, -0.25) is 0 Å². The highest BCUT2D eigenvalue weighted by Gasteiger charge is 2.00. The SMILES string of the molecule is CCC(C)CNc1cc(NC)ncn1. The van der Waals surface area contributed by atoms with Gasteiger partial charge in [-0.25, -0.2) is 9.97 Å². The van der Waals surface area contributed by atoms with Crippen LogP contribution in [0.15, 0.2) is 12.4 Å². The van der Waals surface area contributed by atoms with Crippen LogP contribution in [-0.2, 0) is 0 Å². The maximum atomic E-state index is 4.13. The minimum atomic E-state index is 0.669. The van der Waals surface area contributed by atoms with Crippen LogP contribution in [0.1, 0.15) is 20.3 Å². The second-order valence-corrected chi connectivity index (χ2v) is 3.43. The Morgan fingerprint density at radius 1 is 1.36 bits per heavy atom. The van der Waals surface area contributed by atoms with Gasteiger partial charge in [-0.05, 0) is 5.92 Å². The molecule has 0 fully saturated rings. The number of hydrogen-bond donors (Lipinski definition) is 2. The summed E-state index contributed by atoms with van der Waals surface area (Å²) in [4.78, 5) is 8.17. The highest BCUT2D eigenvalue weighted by Crippen LogP contribution is 2.09. The number of hydrogen-bond acceptors (Lipinski definition) is 4. The van der Waals surface area contributed by atoms with Gasteiger partial charge in [0.2, 0.25) is 0 Å². The first-order valence-electron chi connectivity index (χ1n) is 5.00. The Bertz CT molecular complexity index is 275. The van der Waals surface area contributed by atoms with E-state index >= 15 is 0 Å². The molecule has 14 heavy (non-hydrogen) atoms. The van der Waals surface area contributed by atoms with E-state index in [1.807, 2.05) is 13.1 Å². The summed E-state index contributed by atoms with van der Waals surface area (Å²) in [6, 6.07) is 1.91. The lowest BCUT2D eigenvalue weighted by Gasteiger charge is -2.10. The molecule has 0 spiro atoms. The molecule has 0 saturated heterocycles. The molecule has 2 N–H and O–H groups in total. The van der Waals surface area contributed by atoms with Crippen molar-refractivity contribution >= 4 is 11.6 Å². The van der Waals surface area contributed by atoms with Crippen molar-refractivity contribution in [1.29, 1.82) is 0 Å². The molecule has 0 amide bonds. The molecular formula is C10H18N4. The number of aromatic nitrogens is 2. The van der Waals surface area contributed by atoms with Gasteiger partial charge in [0, 0.05) is 19.7 Å². The van der Waals surface area contributed by atoms with E-state index in [4.69, 9.17) is 0 Å². The van der Waals surface area contributed by atoms with Crippen molar-refractivity contribution in [1.82, 2.24) is 9.97 Å². The summed E-state index contributed by atoms with van der Waals surface area (Å²) >= 11 is 0. The third-order valence-corrected chi connectivity index (χ3v) is 2.25. The van der Waals surface area contributed by atoms with Crippen LogP contribution in [0, 0.1) is 5.92 Å². The molecule has 0 radical (unpaired) electrons. The van der Waals surface area contributed by atoms with Crippen LogP contribution in [-0.4, -0.2) is 23.6 Å². The number of anilines is 2. The molecular weight excluding hydrogens is 176 g/mol. The summed E-state index contributed by atoms with van der Waals surface area (Å²) in [7, 11) is 1.85. The van der Waals surface area contributed by atoms with Crippen molar-refractivity contribution in [3.63, 3.8) is 0 Å². The Balaban J connectivity index is 2.50. The zero-order valence-corrected chi connectivity index (χ0v) is 9.04. The normalized spacial score (nSPS) is 12.2. The summed E-state index contributed by atoms with van der Waals surface area (Å²) in [5.41, 5.74) is 0. The first-order valence-corrected chi connectivity index (χ1v) is 5.00. The lowest BCUT2D eigenvalue weighted by Crippen LogP contribution is -2.11. The quantitative estimate of drug-likeness (QED) is 0.752. The Hall–Kier alpha value is -1.32. The molecule has 4 nitrogen and oxygen atoms in total. The first-order chi connectivity index (χ1) is 6.76. The first kappa shape index (κ1) is 10.8. The van der Waals surface area contributed by atoms with E-state index in [0.717, 1.165) is 18.2 Å². The molecule has 0 bridgehead atoms. The van der Waals surface area contributed by atoms with Gasteiger partial charge in [0.05, 0.1) is 0 Å². The van der Waals surface area contributed by atoms with Crippen molar-refractivity contribution in [3.05, 3.63) is 12.4 Å². The second kappa shape index (κ2) is 5.42. The van der Waals surface area contributed by atoms with Crippen LogP contribution in [0.25, 0.3) is 0 Å². The zero-order chi connectivity index (χ0) is 10.4. The average molecular weight is 194 g/mol.